The molecule has 180 valence electrons. The number of hydrogen-bond donors (Lipinski definition) is 3. The lowest BCUT2D eigenvalue weighted by atomic mass is 10.1. The SMILES string of the molecule is CCNC(=O)C(C#N)=c1sc(=CNc2cccc(NC(=O)CN3CCCCC3)c2)c(=O)n1CC. The Morgan fingerprint density at radius 2 is 1.91 bits per heavy atom. The number of carbonyl (C=O) groups excluding carboxylic acids is 2. The highest BCUT2D eigenvalue weighted by molar-refractivity contribution is 7.07. The second-order valence-electron chi connectivity index (χ2n) is 7.92. The highest BCUT2D eigenvalue weighted by atomic mass is 32.1. The molecule has 3 N–H and O–H groups in total. The quantitative estimate of drug-likeness (QED) is 0.517. The third kappa shape index (κ3) is 6.34. The van der Waals surface area contributed by atoms with Crippen LogP contribution in [-0.4, -0.2) is 47.5 Å². The van der Waals surface area contributed by atoms with Crippen LogP contribution in [0, 0.1) is 11.3 Å². The third-order valence-corrected chi connectivity index (χ3v) is 6.58. The van der Waals surface area contributed by atoms with E-state index in [4.69, 9.17) is 0 Å². The normalized spacial score (nSPS) is 15.4. The summed E-state index contributed by atoms with van der Waals surface area (Å²) in [5, 5.41) is 18.1. The fraction of sp³-hybridized carbons (Fsp3) is 0.417. The molecule has 0 unspecified atom stereocenters. The van der Waals surface area contributed by atoms with Crippen LogP contribution in [0.4, 0.5) is 11.4 Å². The van der Waals surface area contributed by atoms with E-state index in [1.54, 1.807) is 26.1 Å². The third-order valence-electron chi connectivity index (χ3n) is 5.45. The number of aromatic nitrogens is 1. The summed E-state index contributed by atoms with van der Waals surface area (Å²) in [4.78, 5) is 39.6. The topological polar surface area (TPSA) is 119 Å². The van der Waals surface area contributed by atoms with Crippen LogP contribution in [0.5, 0.6) is 0 Å². The Hall–Kier alpha value is -3.42. The molecule has 0 bridgehead atoms. The Morgan fingerprint density at radius 3 is 2.59 bits per heavy atom. The molecule has 1 aliphatic rings. The number of amides is 2. The minimum atomic E-state index is -0.499. The molecule has 1 saturated heterocycles. The number of nitrogens with zero attached hydrogens (tertiary/aromatic N) is 3. The van der Waals surface area contributed by atoms with Crippen molar-refractivity contribution in [3.05, 3.63) is 43.8 Å². The van der Waals surface area contributed by atoms with Gasteiger partial charge in [0.25, 0.3) is 11.5 Å². The summed E-state index contributed by atoms with van der Waals surface area (Å²) < 4.78 is 2.12. The minimum Gasteiger partial charge on any atom is -0.360 e. The Kier molecular flexibility index (Phi) is 9.01. The van der Waals surface area contributed by atoms with Crippen LogP contribution < -0.4 is 30.7 Å². The Labute approximate surface area is 202 Å². The molecule has 1 aromatic carbocycles. The molecule has 2 heterocycles. The van der Waals surface area contributed by atoms with Crippen molar-refractivity contribution in [2.45, 2.75) is 39.7 Å². The van der Waals surface area contributed by atoms with E-state index in [0.29, 0.717) is 40.2 Å². The maximum atomic E-state index is 12.8. The lowest BCUT2D eigenvalue weighted by molar-refractivity contribution is -0.117. The van der Waals surface area contributed by atoms with Gasteiger partial charge in [-0.2, -0.15) is 5.26 Å². The number of nitrogens with one attached hydrogen (secondary N) is 3. The maximum Gasteiger partial charge on any atom is 0.270 e. The van der Waals surface area contributed by atoms with Crippen molar-refractivity contribution in [1.82, 2.24) is 14.8 Å². The van der Waals surface area contributed by atoms with Gasteiger partial charge >= 0.3 is 0 Å². The number of thiazole rings is 1. The second-order valence-corrected chi connectivity index (χ2v) is 8.95. The summed E-state index contributed by atoms with van der Waals surface area (Å²) in [5.74, 6) is -0.553. The standard InChI is InChI=1S/C24H30N6O3S/c1-3-26-22(32)19(14-25)24-30(4-2)23(33)20(34-24)15-27-17-9-8-10-18(13-17)28-21(31)16-29-11-6-5-7-12-29/h8-10,13,15,27H,3-7,11-12,16H2,1-2H3,(H,26,32)(H,28,31). The van der Waals surface area contributed by atoms with Gasteiger partial charge in [0.05, 0.1) is 6.54 Å². The molecule has 3 rings (SSSR count). The second kappa shape index (κ2) is 12.2. The van der Waals surface area contributed by atoms with Crippen LogP contribution in [0.3, 0.4) is 0 Å². The number of likely N-dealkylation sites (tertiary alicyclic amines) is 1. The van der Waals surface area contributed by atoms with Gasteiger partial charge in [-0.25, -0.2) is 0 Å². The number of rotatable bonds is 8. The molecule has 1 aliphatic heterocycles. The van der Waals surface area contributed by atoms with E-state index in [-0.39, 0.29) is 17.0 Å². The van der Waals surface area contributed by atoms with Crippen LogP contribution >= 0.6 is 11.3 Å². The minimum absolute atomic E-state index is 0.0540. The summed E-state index contributed by atoms with van der Waals surface area (Å²) in [6, 6.07) is 9.17. The highest BCUT2D eigenvalue weighted by Gasteiger charge is 2.15. The van der Waals surface area contributed by atoms with Gasteiger partial charge in [0.1, 0.15) is 15.3 Å². The number of benzene rings is 1. The fourth-order valence-corrected chi connectivity index (χ4v) is 4.88. The zero-order valence-corrected chi connectivity index (χ0v) is 20.3. The van der Waals surface area contributed by atoms with Gasteiger partial charge < -0.3 is 16.0 Å². The van der Waals surface area contributed by atoms with E-state index in [9.17, 15) is 19.6 Å². The van der Waals surface area contributed by atoms with E-state index in [1.165, 1.54) is 11.0 Å². The summed E-state index contributed by atoms with van der Waals surface area (Å²) in [6.45, 7) is 6.56. The van der Waals surface area contributed by atoms with E-state index in [0.717, 1.165) is 37.3 Å². The van der Waals surface area contributed by atoms with Crippen LogP contribution in [-0.2, 0) is 16.1 Å². The van der Waals surface area contributed by atoms with Crippen molar-refractivity contribution in [3.63, 3.8) is 0 Å². The number of piperidine rings is 1. The van der Waals surface area contributed by atoms with E-state index in [2.05, 4.69) is 20.9 Å². The van der Waals surface area contributed by atoms with Crippen molar-refractivity contribution in [2.24, 2.45) is 0 Å². The first-order chi connectivity index (χ1) is 16.5. The molecule has 2 aromatic rings. The monoisotopic (exact) mass is 482 g/mol. The van der Waals surface area contributed by atoms with Crippen LogP contribution in [0.1, 0.15) is 33.1 Å². The van der Waals surface area contributed by atoms with Gasteiger partial charge in [0.15, 0.2) is 5.57 Å². The smallest absolute Gasteiger partial charge is 0.270 e. The molecule has 34 heavy (non-hydrogen) atoms. The Morgan fingerprint density at radius 1 is 1.18 bits per heavy atom. The van der Waals surface area contributed by atoms with E-state index in [1.807, 2.05) is 24.3 Å². The zero-order valence-electron chi connectivity index (χ0n) is 19.5. The number of hydrogen-bond acceptors (Lipinski definition) is 7. The first-order valence-corrected chi connectivity index (χ1v) is 12.3. The lowest BCUT2D eigenvalue weighted by Gasteiger charge is -2.25. The predicted molar refractivity (Wildman–Crippen MR) is 135 cm³/mol. The molecule has 9 nitrogen and oxygen atoms in total. The molecular formula is C24H30N6O3S. The fourth-order valence-electron chi connectivity index (χ4n) is 3.79. The lowest BCUT2D eigenvalue weighted by Crippen LogP contribution is -2.36. The molecule has 2 amide bonds. The summed E-state index contributed by atoms with van der Waals surface area (Å²) in [5.41, 5.74) is 0.998. The van der Waals surface area contributed by atoms with Crippen LogP contribution in [0.25, 0.3) is 11.8 Å². The van der Waals surface area contributed by atoms with Crippen molar-refractivity contribution >= 4 is 46.3 Å². The van der Waals surface area contributed by atoms with Gasteiger partial charge in [0.2, 0.25) is 5.91 Å². The Balaban J connectivity index is 1.80. The van der Waals surface area contributed by atoms with Crippen molar-refractivity contribution in [3.8, 4) is 6.07 Å². The van der Waals surface area contributed by atoms with Crippen molar-refractivity contribution in [2.75, 3.05) is 36.8 Å². The molecular weight excluding hydrogens is 452 g/mol. The van der Waals surface area contributed by atoms with Gasteiger partial charge in [0, 0.05) is 30.7 Å². The average Bonchev–Trinajstić information content (AvgIpc) is 3.14. The summed E-state index contributed by atoms with van der Waals surface area (Å²) in [7, 11) is 0. The van der Waals surface area contributed by atoms with Gasteiger partial charge in [-0.05, 0) is 58.0 Å². The van der Waals surface area contributed by atoms with E-state index >= 15 is 0 Å². The predicted octanol–water partition coefficient (Wildman–Crippen LogP) is 1.01. The number of anilines is 2. The van der Waals surface area contributed by atoms with Gasteiger partial charge in [-0.1, -0.05) is 12.5 Å². The molecule has 0 saturated carbocycles. The Bertz CT molecular complexity index is 1250. The summed E-state index contributed by atoms with van der Waals surface area (Å²) >= 11 is 1.09. The maximum absolute atomic E-state index is 12.8. The number of nitriles is 1. The molecule has 10 heteroatoms. The molecule has 0 atom stereocenters. The van der Waals surface area contributed by atoms with E-state index < -0.39 is 5.91 Å². The van der Waals surface area contributed by atoms with Crippen LogP contribution in [0.2, 0.25) is 0 Å². The first-order valence-electron chi connectivity index (χ1n) is 11.5. The molecule has 0 radical (unpaired) electrons. The molecule has 1 aromatic heterocycles. The first kappa shape index (κ1) is 25.2. The van der Waals surface area contributed by atoms with Crippen LogP contribution in [0.15, 0.2) is 29.1 Å². The van der Waals surface area contributed by atoms with Gasteiger partial charge in [-0.15, -0.1) is 11.3 Å². The molecule has 1 fully saturated rings. The molecule has 0 spiro atoms. The number of carbonyl (C=O) groups is 2. The average molecular weight is 483 g/mol. The highest BCUT2D eigenvalue weighted by Crippen LogP contribution is 2.15. The zero-order chi connectivity index (χ0) is 24.5. The van der Waals surface area contributed by atoms with Crippen molar-refractivity contribution < 1.29 is 9.59 Å². The summed E-state index contributed by atoms with van der Waals surface area (Å²) in [6.07, 6.45) is 5.04. The van der Waals surface area contributed by atoms with Crippen molar-refractivity contribution in [1.29, 1.82) is 5.26 Å². The molecule has 0 aliphatic carbocycles. The largest absolute Gasteiger partial charge is 0.360 e. The van der Waals surface area contributed by atoms with Gasteiger partial charge in [-0.3, -0.25) is 23.9 Å².